The predicted molar refractivity (Wildman–Crippen MR) is 84.8 cm³/mol. The van der Waals surface area contributed by atoms with Gasteiger partial charge < -0.3 is 14.2 Å². The summed E-state index contributed by atoms with van der Waals surface area (Å²) >= 11 is 0. The molecule has 0 spiro atoms. The normalized spacial score (nSPS) is 18.4. The first-order chi connectivity index (χ1) is 10.5. The summed E-state index contributed by atoms with van der Waals surface area (Å²) < 4.78 is 7.15. The molecule has 1 aliphatic heterocycles. The van der Waals surface area contributed by atoms with Crippen LogP contribution in [0.1, 0.15) is 48.4 Å². The number of aryl methyl sites for hydroxylation is 2. The van der Waals surface area contributed by atoms with Crippen molar-refractivity contribution in [2.24, 2.45) is 5.92 Å². The molecule has 122 valence electrons. The summed E-state index contributed by atoms with van der Waals surface area (Å²) in [4.78, 5) is 26.6. The second kappa shape index (κ2) is 6.99. The number of aromatic nitrogens is 1. The third-order valence-electron chi connectivity index (χ3n) is 4.34. The van der Waals surface area contributed by atoms with Crippen molar-refractivity contribution in [3.63, 3.8) is 0 Å². The van der Waals surface area contributed by atoms with Gasteiger partial charge in [0.25, 0.3) is 5.91 Å². The molecule has 1 fully saturated rings. The van der Waals surface area contributed by atoms with E-state index in [1.54, 1.807) is 4.90 Å². The number of piperidine rings is 1. The Morgan fingerprint density at radius 3 is 2.68 bits per heavy atom. The van der Waals surface area contributed by atoms with Crippen LogP contribution in [0.4, 0.5) is 0 Å². The summed E-state index contributed by atoms with van der Waals surface area (Å²) in [5.74, 6) is -0.343. The number of rotatable bonds is 4. The summed E-state index contributed by atoms with van der Waals surface area (Å²) in [5.41, 5.74) is 2.86. The standard InChI is InChI=1S/C17H26N2O3/c1-5-19-13(4)10-12(3)15(19)16(20)18-9-7-8-14(11-18)17(21)22-6-2/h10,14H,5-9,11H2,1-4H3. The lowest BCUT2D eigenvalue weighted by Gasteiger charge is -2.32. The highest BCUT2D eigenvalue weighted by Gasteiger charge is 2.31. The van der Waals surface area contributed by atoms with Gasteiger partial charge in [0.1, 0.15) is 5.69 Å². The summed E-state index contributed by atoms with van der Waals surface area (Å²) in [6, 6.07) is 2.05. The number of carbonyl (C=O) groups excluding carboxylic acids is 2. The molecular weight excluding hydrogens is 280 g/mol. The molecule has 0 radical (unpaired) electrons. The van der Waals surface area contributed by atoms with Crippen molar-refractivity contribution in [1.82, 2.24) is 9.47 Å². The zero-order valence-electron chi connectivity index (χ0n) is 14.0. The van der Waals surface area contributed by atoms with E-state index < -0.39 is 0 Å². The van der Waals surface area contributed by atoms with E-state index in [1.165, 1.54) is 0 Å². The number of ether oxygens (including phenoxy) is 1. The van der Waals surface area contributed by atoms with Crippen LogP contribution in [-0.4, -0.2) is 41.0 Å². The largest absolute Gasteiger partial charge is 0.466 e. The van der Waals surface area contributed by atoms with Crippen LogP contribution in [0.15, 0.2) is 6.07 Å². The molecule has 1 unspecified atom stereocenters. The number of hydrogen-bond donors (Lipinski definition) is 0. The monoisotopic (exact) mass is 306 g/mol. The first-order valence-electron chi connectivity index (χ1n) is 8.12. The second-order valence-electron chi connectivity index (χ2n) is 5.90. The Labute approximate surface area is 132 Å². The number of hydrogen-bond acceptors (Lipinski definition) is 3. The van der Waals surface area contributed by atoms with E-state index in [4.69, 9.17) is 4.74 Å². The minimum absolute atomic E-state index is 0.0291. The van der Waals surface area contributed by atoms with Gasteiger partial charge in [-0.1, -0.05) is 0 Å². The van der Waals surface area contributed by atoms with Gasteiger partial charge in [0.15, 0.2) is 0 Å². The van der Waals surface area contributed by atoms with E-state index >= 15 is 0 Å². The van der Waals surface area contributed by atoms with E-state index in [-0.39, 0.29) is 17.8 Å². The third kappa shape index (κ3) is 3.18. The maximum Gasteiger partial charge on any atom is 0.310 e. The summed E-state index contributed by atoms with van der Waals surface area (Å²) in [7, 11) is 0. The fraction of sp³-hybridized carbons (Fsp3) is 0.647. The molecule has 5 heteroatoms. The SMILES string of the molecule is CCOC(=O)C1CCCN(C(=O)c2c(C)cc(C)n2CC)C1. The molecule has 0 N–H and O–H groups in total. The Morgan fingerprint density at radius 2 is 2.05 bits per heavy atom. The van der Waals surface area contributed by atoms with Crippen molar-refractivity contribution in [1.29, 1.82) is 0 Å². The topological polar surface area (TPSA) is 51.5 Å². The number of nitrogens with zero attached hydrogens (tertiary/aromatic N) is 2. The molecule has 1 atom stereocenters. The molecule has 5 nitrogen and oxygen atoms in total. The number of esters is 1. The fourth-order valence-corrected chi connectivity index (χ4v) is 3.30. The molecule has 0 aliphatic carbocycles. The highest BCUT2D eigenvalue weighted by atomic mass is 16.5. The predicted octanol–water partition coefficient (Wildman–Crippen LogP) is 2.54. The van der Waals surface area contributed by atoms with Crippen LogP contribution in [-0.2, 0) is 16.1 Å². The van der Waals surface area contributed by atoms with Gasteiger partial charge in [0, 0.05) is 25.3 Å². The lowest BCUT2D eigenvalue weighted by atomic mass is 9.98. The lowest BCUT2D eigenvalue weighted by Crippen LogP contribution is -2.43. The van der Waals surface area contributed by atoms with E-state index in [0.29, 0.717) is 19.7 Å². The van der Waals surface area contributed by atoms with Crippen LogP contribution in [0.5, 0.6) is 0 Å². The van der Waals surface area contributed by atoms with Crippen LogP contribution < -0.4 is 0 Å². The molecule has 0 aromatic carbocycles. The lowest BCUT2D eigenvalue weighted by molar-refractivity contribution is -0.149. The zero-order chi connectivity index (χ0) is 16.3. The van der Waals surface area contributed by atoms with Gasteiger partial charge in [-0.25, -0.2) is 0 Å². The van der Waals surface area contributed by atoms with Crippen molar-refractivity contribution in [3.8, 4) is 0 Å². The minimum Gasteiger partial charge on any atom is -0.466 e. The molecule has 1 amide bonds. The Balaban J connectivity index is 2.17. The van der Waals surface area contributed by atoms with E-state index in [0.717, 1.165) is 36.3 Å². The van der Waals surface area contributed by atoms with Crippen LogP contribution in [0.25, 0.3) is 0 Å². The molecule has 1 aromatic rings. The minimum atomic E-state index is -0.191. The van der Waals surface area contributed by atoms with Gasteiger partial charge in [-0.15, -0.1) is 0 Å². The van der Waals surface area contributed by atoms with Gasteiger partial charge in [-0.05, 0) is 52.2 Å². The van der Waals surface area contributed by atoms with Crippen molar-refractivity contribution in [2.75, 3.05) is 19.7 Å². The van der Waals surface area contributed by atoms with E-state index in [1.807, 2.05) is 38.3 Å². The van der Waals surface area contributed by atoms with E-state index in [2.05, 4.69) is 0 Å². The van der Waals surface area contributed by atoms with Crippen molar-refractivity contribution >= 4 is 11.9 Å². The Hall–Kier alpha value is -1.78. The zero-order valence-corrected chi connectivity index (χ0v) is 14.0. The van der Waals surface area contributed by atoms with Crippen molar-refractivity contribution in [2.45, 2.75) is 47.1 Å². The van der Waals surface area contributed by atoms with Crippen LogP contribution in [0, 0.1) is 19.8 Å². The van der Waals surface area contributed by atoms with Crippen molar-refractivity contribution < 1.29 is 14.3 Å². The molecule has 1 aromatic heterocycles. The first kappa shape index (κ1) is 16.6. The van der Waals surface area contributed by atoms with Gasteiger partial charge in [-0.2, -0.15) is 0 Å². The Kier molecular flexibility index (Phi) is 5.27. The average molecular weight is 306 g/mol. The Bertz CT molecular complexity index is 562. The third-order valence-corrected chi connectivity index (χ3v) is 4.34. The fourth-order valence-electron chi connectivity index (χ4n) is 3.30. The quantitative estimate of drug-likeness (QED) is 0.803. The van der Waals surface area contributed by atoms with Gasteiger partial charge in [-0.3, -0.25) is 9.59 Å². The smallest absolute Gasteiger partial charge is 0.310 e. The number of carbonyl (C=O) groups is 2. The maximum atomic E-state index is 12.9. The molecular formula is C17H26N2O3. The molecule has 1 aliphatic rings. The maximum absolute atomic E-state index is 12.9. The van der Waals surface area contributed by atoms with E-state index in [9.17, 15) is 9.59 Å². The highest BCUT2D eigenvalue weighted by Crippen LogP contribution is 2.23. The van der Waals surface area contributed by atoms with Crippen LogP contribution in [0.3, 0.4) is 0 Å². The Morgan fingerprint density at radius 1 is 1.32 bits per heavy atom. The summed E-state index contributed by atoms with van der Waals surface area (Å²) in [6.45, 7) is 10.2. The molecule has 2 rings (SSSR count). The summed E-state index contributed by atoms with van der Waals surface area (Å²) in [5, 5.41) is 0. The van der Waals surface area contributed by atoms with Gasteiger partial charge in [0.05, 0.1) is 12.5 Å². The highest BCUT2D eigenvalue weighted by molar-refractivity contribution is 5.95. The molecule has 0 saturated carbocycles. The molecule has 22 heavy (non-hydrogen) atoms. The molecule has 0 bridgehead atoms. The first-order valence-corrected chi connectivity index (χ1v) is 8.12. The van der Waals surface area contributed by atoms with Crippen LogP contribution in [0.2, 0.25) is 0 Å². The van der Waals surface area contributed by atoms with Crippen molar-refractivity contribution in [3.05, 3.63) is 23.0 Å². The van der Waals surface area contributed by atoms with Gasteiger partial charge >= 0.3 is 5.97 Å². The van der Waals surface area contributed by atoms with Gasteiger partial charge in [0.2, 0.25) is 0 Å². The second-order valence-corrected chi connectivity index (χ2v) is 5.90. The van der Waals surface area contributed by atoms with Crippen LogP contribution >= 0.6 is 0 Å². The number of likely N-dealkylation sites (tertiary alicyclic amines) is 1. The average Bonchev–Trinajstić information content (AvgIpc) is 2.80. The molecule has 1 saturated heterocycles. The molecule has 2 heterocycles. The summed E-state index contributed by atoms with van der Waals surface area (Å²) in [6.07, 6.45) is 1.65. The number of amides is 1.